The highest BCUT2D eigenvalue weighted by Crippen LogP contribution is 2.23. The molecule has 0 radical (unpaired) electrons. The molecule has 0 bridgehead atoms. The number of hydrogen-bond acceptors (Lipinski definition) is 4. The van der Waals surface area contributed by atoms with Gasteiger partial charge in [0.2, 0.25) is 0 Å². The first kappa shape index (κ1) is 22.4. The van der Waals surface area contributed by atoms with E-state index in [0.717, 1.165) is 23.3 Å². The van der Waals surface area contributed by atoms with E-state index in [1.807, 2.05) is 43.5 Å². The molecule has 0 aliphatic heterocycles. The van der Waals surface area contributed by atoms with Gasteiger partial charge in [-0.1, -0.05) is 42.8 Å². The molecule has 0 aliphatic rings. The quantitative estimate of drug-likeness (QED) is 0.484. The lowest BCUT2D eigenvalue weighted by Crippen LogP contribution is -2.22. The summed E-state index contributed by atoms with van der Waals surface area (Å²) in [5.41, 5.74) is 5.03. The van der Waals surface area contributed by atoms with Gasteiger partial charge in [-0.2, -0.15) is 5.10 Å². The van der Waals surface area contributed by atoms with E-state index in [1.165, 1.54) is 18.3 Å². The fraction of sp³-hybridized carbons (Fsp3) is 0.391. The van der Waals surface area contributed by atoms with E-state index >= 15 is 0 Å². The van der Waals surface area contributed by atoms with Crippen molar-refractivity contribution >= 4 is 11.6 Å². The van der Waals surface area contributed by atoms with Gasteiger partial charge in [0, 0.05) is 18.9 Å². The van der Waals surface area contributed by atoms with Crippen LogP contribution in [0.4, 0.5) is 5.69 Å². The number of nitrogens with one attached hydrogen (secondary N) is 1. The smallest absolute Gasteiger partial charge is 0.258 e. The Morgan fingerprint density at radius 2 is 1.86 bits per heavy atom. The van der Waals surface area contributed by atoms with Gasteiger partial charge in [-0.15, -0.1) is 0 Å². The number of nitrogens with zero attached hydrogens (tertiary/aromatic N) is 2. The van der Waals surface area contributed by atoms with Crippen LogP contribution >= 0.6 is 0 Å². The van der Waals surface area contributed by atoms with Crippen LogP contribution in [0.25, 0.3) is 0 Å². The number of amides is 1. The van der Waals surface area contributed by atoms with Crippen LogP contribution in [0, 0.1) is 0 Å². The average Bonchev–Trinajstić information content (AvgIpc) is 3.18. The molecule has 6 nitrogen and oxygen atoms in total. The largest absolute Gasteiger partial charge is 0.501 e. The third kappa shape index (κ3) is 5.81. The molecule has 0 spiro atoms. The van der Waals surface area contributed by atoms with Crippen LogP contribution in [0.1, 0.15) is 45.8 Å². The van der Waals surface area contributed by atoms with Gasteiger partial charge in [0.25, 0.3) is 5.91 Å². The Bertz CT molecular complexity index is 882. The number of aromatic nitrogens is 2. The van der Waals surface area contributed by atoms with Crippen molar-refractivity contribution in [1.29, 1.82) is 0 Å². The summed E-state index contributed by atoms with van der Waals surface area (Å²) >= 11 is 0. The number of rotatable bonds is 9. The lowest BCUT2D eigenvalue weighted by Gasteiger charge is -2.15. The van der Waals surface area contributed by atoms with Crippen molar-refractivity contribution in [2.45, 2.75) is 46.8 Å². The molecule has 1 amide bonds. The third-order valence-corrected chi connectivity index (χ3v) is 5.15. The fourth-order valence-corrected chi connectivity index (χ4v) is 3.05. The molecule has 1 heterocycles. The van der Waals surface area contributed by atoms with Gasteiger partial charge in [-0.25, -0.2) is 0 Å². The maximum absolute atomic E-state index is 12.7. The number of ether oxygens (including phenoxy) is 2. The highest BCUT2D eigenvalue weighted by Gasteiger charge is 2.20. The number of anilines is 1. The molecule has 6 heteroatoms. The molecule has 1 aromatic heterocycles. The second-order valence-electron chi connectivity index (χ2n) is 6.94. The predicted octanol–water partition coefficient (Wildman–Crippen LogP) is 4.88. The van der Waals surface area contributed by atoms with Gasteiger partial charge in [-0.05, 0) is 38.3 Å². The van der Waals surface area contributed by atoms with Crippen molar-refractivity contribution in [2.75, 3.05) is 19.5 Å². The Morgan fingerprint density at radius 1 is 1.17 bits per heavy atom. The molecule has 29 heavy (non-hydrogen) atoms. The lowest BCUT2D eigenvalue weighted by molar-refractivity contribution is -0.126. The first-order chi connectivity index (χ1) is 13.9. The molecule has 2 aromatic rings. The van der Waals surface area contributed by atoms with Gasteiger partial charge in [0.05, 0.1) is 31.3 Å². The van der Waals surface area contributed by atoms with Crippen molar-refractivity contribution in [3.63, 3.8) is 0 Å². The van der Waals surface area contributed by atoms with Crippen molar-refractivity contribution in [3.8, 4) is 0 Å². The highest BCUT2D eigenvalue weighted by atomic mass is 16.5. The Hall–Kier alpha value is -2.86. The molecule has 1 N–H and O–H groups in total. The molecular weight excluding hydrogens is 366 g/mol. The van der Waals surface area contributed by atoms with Crippen LogP contribution in [0.5, 0.6) is 0 Å². The van der Waals surface area contributed by atoms with E-state index in [2.05, 4.69) is 31.2 Å². The number of carbonyl (C=O) groups is 1. The van der Waals surface area contributed by atoms with E-state index in [-0.39, 0.29) is 5.91 Å². The lowest BCUT2D eigenvalue weighted by atomic mass is 10.00. The zero-order chi connectivity index (χ0) is 21.4. The maximum Gasteiger partial charge on any atom is 0.258 e. The minimum absolute atomic E-state index is 0.236. The van der Waals surface area contributed by atoms with Crippen LogP contribution in [-0.4, -0.2) is 29.9 Å². The second kappa shape index (κ2) is 10.6. The summed E-state index contributed by atoms with van der Waals surface area (Å²) in [6.07, 6.45) is 3.75. The molecule has 0 fully saturated rings. The number of allylic oxidation sites excluding steroid dienone is 4. The predicted molar refractivity (Wildman–Crippen MR) is 115 cm³/mol. The average molecular weight is 398 g/mol. The summed E-state index contributed by atoms with van der Waals surface area (Å²) in [7, 11) is 3.20. The van der Waals surface area contributed by atoms with Crippen LogP contribution in [-0.2, 0) is 20.8 Å². The zero-order valence-electron chi connectivity index (χ0n) is 18.2. The molecular formula is C23H31N3O3. The molecule has 1 unspecified atom stereocenters. The second-order valence-corrected chi connectivity index (χ2v) is 6.94. The summed E-state index contributed by atoms with van der Waals surface area (Å²) in [5, 5.41) is 7.28. The van der Waals surface area contributed by atoms with Gasteiger partial charge < -0.3 is 14.8 Å². The van der Waals surface area contributed by atoms with E-state index in [9.17, 15) is 4.79 Å². The number of hydrogen-bond donors (Lipinski definition) is 1. The summed E-state index contributed by atoms with van der Waals surface area (Å²) in [4.78, 5) is 12.7. The van der Waals surface area contributed by atoms with Crippen molar-refractivity contribution in [2.24, 2.45) is 0 Å². The Morgan fingerprint density at radius 3 is 2.45 bits per heavy atom. The third-order valence-electron chi connectivity index (χ3n) is 5.15. The number of benzene rings is 1. The molecule has 2 rings (SSSR count). The van der Waals surface area contributed by atoms with Gasteiger partial charge in [0.15, 0.2) is 6.10 Å². The highest BCUT2D eigenvalue weighted by molar-refractivity contribution is 5.94. The minimum Gasteiger partial charge on any atom is -0.501 e. The van der Waals surface area contributed by atoms with Crippen molar-refractivity contribution < 1.29 is 14.3 Å². The summed E-state index contributed by atoms with van der Waals surface area (Å²) in [5.74, 6) is 0.625. The maximum atomic E-state index is 12.7. The number of carbonyl (C=O) groups excluding carboxylic acids is 1. The van der Waals surface area contributed by atoms with Crippen molar-refractivity contribution in [1.82, 2.24) is 9.78 Å². The standard InChI is InChI=1S/C23H31N3O3/c1-7-16(2)17(3)21(18(4)28-5)15-26-14-20(13-24-26)25-23(27)22(29-6)19-11-9-8-10-12-19/h8-14,22H,7,15H2,1-6H3,(H,25,27). The first-order valence-corrected chi connectivity index (χ1v) is 9.72. The Labute approximate surface area is 173 Å². The topological polar surface area (TPSA) is 65.4 Å². The van der Waals surface area contributed by atoms with Gasteiger partial charge in [-0.3, -0.25) is 9.48 Å². The zero-order valence-corrected chi connectivity index (χ0v) is 18.2. The fourth-order valence-electron chi connectivity index (χ4n) is 3.05. The SMILES string of the molecule is CCC(C)=C(C)C(Cn1cc(NC(=O)C(OC)c2ccccc2)cn1)=C(C)OC. The molecule has 1 atom stereocenters. The number of methoxy groups -OCH3 is 2. The van der Waals surface area contributed by atoms with Crippen LogP contribution in [0.2, 0.25) is 0 Å². The Balaban J connectivity index is 2.16. The van der Waals surface area contributed by atoms with Crippen LogP contribution in [0.3, 0.4) is 0 Å². The van der Waals surface area contributed by atoms with Gasteiger partial charge in [0.1, 0.15) is 0 Å². The minimum atomic E-state index is -0.678. The summed E-state index contributed by atoms with van der Waals surface area (Å²) in [6.45, 7) is 8.88. The molecule has 0 aliphatic carbocycles. The van der Waals surface area contributed by atoms with Crippen molar-refractivity contribution in [3.05, 3.63) is 70.8 Å². The molecule has 0 saturated carbocycles. The van der Waals surface area contributed by atoms with E-state index in [1.54, 1.807) is 18.0 Å². The molecule has 0 saturated heterocycles. The van der Waals surface area contributed by atoms with E-state index in [0.29, 0.717) is 12.2 Å². The van der Waals surface area contributed by atoms with E-state index in [4.69, 9.17) is 9.47 Å². The van der Waals surface area contributed by atoms with Gasteiger partial charge >= 0.3 is 0 Å². The molecule has 1 aromatic carbocycles. The molecule has 156 valence electrons. The summed E-state index contributed by atoms with van der Waals surface area (Å²) in [6, 6.07) is 9.40. The monoisotopic (exact) mass is 397 g/mol. The Kier molecular flexibility index (Phi) is 8.21. The van der Waals surface area contributed by atoms with E-state index < -0.39 is 6.10 Å². The first-order valence-electron chi connectivity index (χ1n) is 9.72. The normalized spacial score (nSPS) is 14.0. The van der Waals surface area contributed by atoms with Crippen LogP contribution < -0.4 is 5.32 Å². The summed E-state index contributed by atoms with van der Waals surface area (Å²) < 4.78 is 12.7. The van der Waals surface area contributed by atoms with Crippen LogP contribution in [0.15, 0.2) is 65.2 Å².